The number of nitrogens with zero attached hydrogens (tertiary/aromatic N) is 1. The van der Waals surface area contributed by atoms with Gasteiger partial charge in [0.05, 0.1) is 17.1 Å². The molecule has 0 bridgehead atoms. The number of halogens is 1. The molecule has 1 aromatic heterocycles. The van der Waals surface area contributed by atoms with Crippen LogP contribution in [0.3, 0.4) is 0 Å². The number of aromatic nitrogens is 1. The minimum absolute atomic E-state index is 0.0170. The summed E-state index contributed by atoms with van der Waals surface area (Å²) >= 11 is 1.25. The second-order valence-corrected chi connectivity index (χ2v) is 8.28. The first-order chi connectivity index (χ1) is 12.3. The Bertz CT molecular complexity index is 1060. The van der Waals surface area contributed by atoms with E-state index < -0.39 is 15.8 Å². The molecule has 0 spiro atoms. The number of rotatable bonds is 5. The summed E-state index contributed by atoms with van der Waals surface area (Å²) in [6, 6.07) is 7.91. The zero-order valence-corrected chi connectivity index (χ0v) is 15.2. The summed E-state index contributed by atoms with van der Waals surface area (Å²) in [5, 5.41) is 21.1. The summed E-state index contributed by atoms with van der Waals surface area (Å²) in [7, 11) is -3.79. The molecule has 26 heavy (non-hydrogen) atoms. The number of benzene rings is 2. The summed E-state index contributed by atoms with van der Waals surface area (Å²) in [5.41, 5.74) is 1.40. The largest absolute Gasteiger partial charge is 0.504 e. The number of phenolic OH excluding ortho intramolecular Hbond substituents is 2. The number of nitrogens with one attached hydrogen (secondary N) is 1. The molecule has 2 aromatic carbocycles. The van der Waals surface area contributed by atoms with Crippen molar-refractivity contribution in [1.29, 1.82) is 0 Å². The molecule has 1 heterocycles. The SMILES string of the molecule is Cc1cc(S(=O)(=O)NCc2nc(-c3ccc(O)c(O)c3)cs2)ccc1F. The number of aromatic hydroxyl groups is 2. The zero-order valence-electron chi connectivity index (χ0n) is 13.6. The number of aryl methyl sites for hydroxylation is 1. The predicted molar refractivity (Wildman–Crippen MR) is 96.0 cm³/mol. The van der Waals surface area contributed by atoms with E-state index in [-0.39, 0.29) is 28.5 Å². The fourth-order valence-electron chi connectivity index (χ4n) is 2.23. The maximum atomic E-state index is 13.3. The van der Waals surface area contributed by atoms with E-state index in [2.05, 4.69) is 9.71 Å². The lowest BCUT2D eigenvalue weighted by Crippen LogP contribution is -2.23. The molecule has 0 unspecified atom stereocenters. The highest BCUT2D eigenvalue weighted by atomic mass is 32.2. The van der Waals surface area contributed by atoms with Gasteiger partial charge in [-0.25, -0.2) is 22.5 Å². The van der Waals surface area contributed by atoms with Gasteiger partial charge in [-0.1, -0.05) is 0 Å². The van der Waals surface area contributed by atoms with Crippen LogP contribution in [0.5, 0.6) is 11.5 Å². The third kappa shape index (κ3) is 3.85. The van der Waals surface area contributed by atoms with Crippen LogP contribution in [0.4, 0.5) is 4.39 Å². The Hall–Kier alpha value is -2.49. The fourth-order valence-corrected chi connectivity index (χ4v) is 4.14. The van der Waals surface area contributed by atoms with Gasteiger partial charge in [-0.15, -0.1) is 11.3 Å². The summed E-state index contributed by atoms with van der Waals surface area (Å²) in [6.45, 7) is 1.47. The Balaban J connectivity index is 1.74. The van der Waals surface area contributed by atoms with Gasteiger partial charge in [0.25, 0.3) is 0 Å². The van der Waals surface area contributed by atoms with E-state index in [0.29, 0.717) is 16.3 Å². The lowest BCUT2D eigenvalue weighted by molar-refractivity contribution is 0.404. The first-order valence-electron chi connectivity index (χ1n) is 7.49. The molecule has 0 aliphatic carbocycles. The number of hydrogen-bond acceptors (Lipinski definition) is 6. The minimum atomic E-state index is -3.79. The van der Waals surface area contributed by atoms with Crippen LogP contribution in [0.1, 0.15) is 10.6 Å². The molecule has 0 aliphatic rings. The molecule has 0 radical (unpaired) electrons. The first-order valence-corrected chi connectivity index (χ1v) is 9.85. The summed E-state index contributed by atoms with van der Waals surface area (Å²) in [5.74, 6) is -0.957. The first kappa shape index (κ1) is 18.3. The van der Waals surface area contributed by atoms with E-state index >= 15 is 0 Å². The molecule has 3 N–H and O–H groups in total. The van der Waals surface area contributed by atoms with Crippen LogP contribution in [0.15, 0.2) is 46.7 Å². The number of sulfonamides is 1. The van der Waals surface area contributed by atoms with Crippen LogP contribution in [0, 0.1) is 12.7 Å². The number of thiazole rings is 1. The van der Waals surface area contributed by atoms with Gasteiger partial charge in [-0.3, -0.25) is 0 Å². The molecule has 136 valence electrons. The molecule has 9 heteroatoms. The van der Waals surface area contributed by atoms with Crippen molar-refractivity contribution < 1.29 is 23.0 Å². The van der Waals surface area contributed by atoms with E-state index in [1.807, 2.05) is 0 Å². The smallest absolute Gasteiger partial charge is 0.240 e. The quantitative estimate of drug-likeness (QED) is 0.578. The van der Waals surface area contributed by atoms with Crippen LogP contribution in [0.2, 0.25) is 0 Å². The fraction of sp³-hybridized carbons (Fsp3) is 0.118. The Morgan fingerprint density at radius 2 is 1.92 bits per heavy atom. The van der Waals surface area contributed by atoms with Gasteiger partial charge in [0.2, 0.25) is 10.0 Å². The van der Waals surface area contributed by atoms with Crippen LogP contribution in [0.25, 0.3) is 11.3 Å². The maximum absolute atomic E-state index is 13.3. The second-order valence-electron chi connectivity index (χ2n) is 5.57. The maximum Gasteiger partial charge on any atom is 0.240 e. The number of hydrogen-bond donors (Lipinski definition) is 3. The highest BCUT2D eigenvalue weighted by Crippen LogP contribution is 2.31. The van der Waals surface area contributed by atoms with Crippen molar-refractivity contribution in [2.75, 3.05) is 0 Å². The van der Waals surface area contributed by atoms with E-state index in [9.17, 15) is 23.0 Å². The monoisotopic (exact) mass is 394 g/mol. The normalized spacial score (nSPS) is 11.6. The van der Waals surface area contributed by atoms with Crippen molar-refractivity contribution in [3.8, 4) is 22.8 Å². The Morgan fingerprint density at radius 1 is 1.15 bits per heavy atom. The van der Waals surface area contributed by atoms with E-state index in [1.165, 1.54) is 42.5 Å². The van der Waals surface area contributed by atoms with Gasteiger partial charge >= 0.3 is 0 Å². The molecule has 3 aromatic rings. The van der Waals surface area contributed by atoms with Crippen molar-refractivity contribution in [2.45, 2.75) is 18.4 Å². The summed E-state index contributed by atoms with van der Waals surface area (Å²) in [4.78, 5) is 4.30. The molecule has 6 nitrogen and oxygen atoms in total. The third-order valence-electron chi connectivity index (χ3n) is 3.68. The number of phenols is 2. The zero-order chi connectivity index (χ0) is 18.9. The van der Waals surface area contributed by atoms with Crippen LogP contribution in [-0.2, 0) is 16.6 Å². The van der Waals surface area contributed by atoms with Crippen LogP contribution >= 0.6 is 11.3 Å². The Labute approximate surface area is 153 Å². The Kier molecular flexibility index (Phi) is 4.94. The summed E-state index contributed by atoms with van der Waals surface area (Å²) in [6.07, 6.45) is 0. The topological polar surface area (TPSA) is 99.5 Å². The van der Waals surface area contributed by atoms with Crippen LogP contribution in [-0.4, -0.2) is 23.6 Å². The highest BCUT2D eigenvalue weighted by Gasteiger charge is 2.16. The lowest BCUT2D eigenvalue weighted by atomic mass is 10.1. The van der Waals surface area contributed by atoms with Gasteiger partial charge in [0.15, 0.2) is 11.5 Å². The molecule has 3 rings (SSSR count). The third-order valence-corrected chi connectivity index (χ3v) is 5.92. The van der Waals surface area contributed by atoms with E-state index in [0.717, 1.165) is 6.07 Å². The highest BCUT2D eigenvalue weighted by molar-refractivity contribution is 7.89. The average Bonchev–Trinajstić information content (AvgIpc) is 3.07. The molecule has 0 atom stereocenters. The van der Waals surface area contributed by atoms with Gasteiger partial charge in [0, 0.05) is 10.9 Å². The second kappa shape index (κ2) is 7.02. The van der Waals surface area contributed by atoms with Crippen LogP contribution < -0.4 is 4.72 Å². The molecular formula is C17H15FN2O4S2. The predicted octanol–water partition coefficient (Wildman–Crippen LogP) is 3.15. The van der Waals surface area contributed by atoms with E-state index in [1.54, 1.807) is 11.4 Å². The molecule has 0 saturated carbocycles. The van der Waals surface area contributed by atoms with Gasteiger partial charge in [-0.2, -0.15) is 0 Å². The molecule has 0 aliphatic heterocycles. The Morgan fingerprint density at radius 3 is 2.62 bits per heavy atom. The van der Waals surface area contributed by atoms with Gasteiger partial charge in [0.1, 0.15) is 10.8 Å². The van der Waals surface area contributed by atoms with Crippen molar-refractivity contribution >= 4 is 21.4 Å². The molecule has 0 fully saturated rings. The van der Waals surface area contributed by atoms with Gasteiger partial charge in [-0.05, 0) is 48.9 Å². The standard InChI is InChI=1S/C17H15FN2O4S2/c1-10-6-12(3-4-13(10)18)26(23,24)19-8-17-20-14(9-25-17)11-2-5-15(21)16(22)7-11/h2-7,9,19,21-22H,8H2,1H3. The lowest BCUT2D eigenvalue weighted by Gasteiger charge is -2.06. The summed E-state index contributed by atoms with van der Waals surface area (Å²) < 4.78 is 40.4. The average molecular weight is 394 g/mol. The van der Waals surface area contributed by atoms with E-state index in [4.69, 9.17) is 0 Å². The minimum Gasteiger partial charge on any atom is -0.504 e. The molecular weight excluding hydrogens is 379 g/mol. The van der Waals surface area contributed by atoms with Gasteiger partial charge < -0.3 is 10.2 Å². The molecule has 0 amide bonds. The van der Waals surface area contributed by atoms with Crippen molar-refractivity contribution in [2.24, 2.45) is 0 Å². The van der Waals surface area contributed by atoms with Crippen molar-refractivity contribution in [1.82, 2.24) is 9.71 Å². The molecule has 0 saturated heterocycles. The van der Waals surface area contributed by atoms with Crippen molar-refractivity contribution in [3.63, 3.8) is 0 Å². The van der Waals surface area contributed by atoms with Crippen molar-refractivity contribution in [3.05, 3.63) is 58.2 Å².